The number of aromatic nitrogens is 2. The van der Waals surface area contributed by atoms with Crippen molar-refractivity contribution in [2.45, 2.75) is 39.8 Å². The molecule has 0 aliphatic heterocycles. The van der Waals surface area contributed by atoms with E-state index in [-0.39, 0.29) is 6.10 Å². The molecule has 2 rings (SSSR count). The highest BCUT2D eigenvalue weighted by atomic mass is 35.5. The van der Waals surface area contributed by atoms with Gasteiger partial charge in [-0.1, -0.05) is 23.7 Å². The van der Waals surface area contributed by atoms with Crippen LogP contribution in [0.25, 0.3) is 0 Å². The molecule has 142 valence electrons. The molecule has 0 bridgehead atoms. The van der Waals surface area contributed by atoms with Crippen LogP contribution >= 0.6 is 11.6 Å². The van der Waals surface area contributed by atoms with E-state index < -0.39 is 0 Å². The molecule has 26 heavy (non-hydrogen) atoms. The normalized spacial score (nSPS) is 12.7. The summed E-state index contributed by atoms with van der Waals surface area (Å²) in [5.41, 5.74) is 2.25. The van der Waals surface area contributed by atoms with Gasteiger partial charge in [-0.25, -0.2) is 0 Å². The van der Waals surface area contributed by atoms with Gasteiger partial charge < -0.3 is 15.4 Å². The molecule has 0 saturated carbocycles. The third kappa shape index (κ3) is 6.26. The molecule has 0 aliphatic rings. The van der Waals surface area contributed by atoms with E-state index in [1.807, 2.05) is 42.8 Å². The number of nitrogens with one attached hydrogen (secondary N) is 2. The van der Waals surface area contributed by atoms with Crippen LogP contribution in [0, 0.1) is 13.8 Å². The lowest BCUT2D eigenvalue weighted by atomic mass is 10.3. The van der Waals surface area contributed by atoms with E-state index in [2.05, 4.69) is 33.7 Å². The van der Waals surface area contributed by atoms with Crippen LogP contribution in [0.2, 0.25) is 5.02 Å². The van der Waals surface area contributed by atoms with E-state index in [0.717, 1.165) is 31.2 Å². The molecule has 1 aromatic carbocycles. The molecular weight excluding hydrogens is 350 g/mol. The Kier molecular flexibility index (Phi) is 7.78. The van der Waals surface area contributed by atoms with Crippen LogP contribution < -0.4 is 15.4 Å². The molecule has 0 amide bonds. The highest BCUT2D eigenvalue weighted by Gasteiger charge is 2.08. The van der Waals surface area contributed by atoms with Crippen LogP contribution in [-0.2, 0) is 6.54 Å². The van der Waals surface area contributed by atoms with Gasteiger partial charge in [-0.3, -0.25) is 9.67 Å². The van der Waals surface area contributed by atoms with Gasteiger partial charge in [0.05, 0.1) is 17.3 Å². The number of guanidine groups is 1. The Morgan fingerprint density at radius 1 is 1.31 bits per heavy atom. The average Bonchev–Trinajstić information content (AvgIpc) is 2.93. The lowest BCUT2D eigenvalue weighted by Crippen LogP contribution is -2.42. The van der Waals surface area contributed by atoms with Crippen LogP contribution in [0.5, 0.6) is 5.75 Å². The first-order valence-corrected chi connectivity index (χ1v) is 9.24. The van der Waals surface area contributed by atoms with E-state index in [1.54, 1.807) is 7.05 Å². The highest BCUT2D eigenvalue weighted by Crippen LogP contribution is 2.23. The van der Waals surface area contributed by atoms with E-state index >= 15 is 0 Å². The Morgan fingerprint density at radius 3 is 2.73 bits per heavy atom. The summed E-state index contributed by atoms with van der Waals surface area (Å²) in [6, 6.07) is 9.57. The van der Waals surface area contributed by atoms with Crippen molar-refractivity contribution in [3.63, 3.8) is 0 Å². The van der Waals surface area contributed by atoms with Gasteiger partial charge in [-0.2, -0.15) is 5.10 Å². The van der Waals surface area contributed by atoms with Gasteiger partial charge in [0, 0.05) is 25.8 Å². The maximum absolute atomic E-state index is 6.12. The van der Waals surface area contributed by atoms with Crippen LogP contribution in [-0.4, -0.2) is 42.0 Å². The number of hydrogen-bond donors (Lipinski definition) is 2. The Balaban J connectivity index is 1.69. The van der Waals surface area contributed by atoms with Crippen molar-refractivity contribution in [2.75, 3.05) is 20.1 Å². The predicted octanol–water partition coefficient (Wildman–Crippen LogP) is 3.18. The van der Waals surface area contributed by atoms with E-state index in [4.69, 9.17) is 16.3 Å². The second kappa shape index (κ2) is 10.1. The van der Waals surface area contributed by atoms with Crippen LogP contribution in [0.4, 0.5) is 0 Å². The summed E-state index contributed by atoms with van der Waals surface area (Å²) in [6.45, 7) is 8.41. The minimum atomic E-state index is -0.0388. The Labute approximate surface area is 160 Å². The monoisotopic (exact) mass is 377 g/mol. The quantitative estimate of drug-likeness (QED) is 0.421. The standard InChI is InChI=1S/C19H28ClN5O/c1-14-12-15(2)25(24-14)11-7-10-22-19(21-4)23-13-16(3)26-18-9-6-5-8-17(18)20/h5-6,8-9,12,16H,7,10-11,13H2,1-4H3,(H2,21,22,23). The molecule has 2 N–H and O–H groups in total. The molecule has 6 nitrogen and oxygen atoms in total. The summed E-state index contributed by atoms with van der Waals surface area (Å²) in [5, 5.41) is 11.7. The van der Waals surface area contributed by atoms with Gasteiger partial charge in [0.25, 0.3) is 0 Å². The molecule has 1 atom stereocenters. The zero-order valence-corrected chi connectivity index (χ0v) is 16.7. The van der Waals surface area contributed by atoms with Gasteiger partial charge in [0.15, 0.2) is 5.96 Å². The summed E-state index contributed by atoms with van der Waals surface area (Å²) in [5.74, 6) is 1.45. The highest BCUT2D eigenvalue weighted by molar-refractivity contribution is 6.32. The lowest BCUT2D eigenvalue weighted by molar-refractivity contribution is 0.224. The zero-order valence-electron chi connectivity index (χ0n) is 15.9. The second-order valence-electron chi connectivity index (χ2n) is 6.24. The summed E-state index contributed by atoms with van der Waals surface area (Å²) in [6.07, 6.45) is 0.928. The molecule has 0 spiro atoms. The van der Waals surface area contributed by atoms with E-state index in [0.29, 0.717) is 17.3 Å². The van der Waals surface area contributed by atoms with Crippen molar-refractivity contribution in [2.24, 2.45) is 4.99 Å². The summed E-state index contributed by atoms with van der Waals surface area (Å²) in [7, 11) is 1.76. The SMILES string of the molecule is CN=C(NCCCn1nc(C)cc1C)NCC(C)Oc1ccccc1Cl. The number of benzene rings is 1. The summed E-state index contributed by atoms with van der Waals surface area (Å²) < 4.78 is 7.88. The fraction of sp³-hybridized carbons (Fsp3) is 0.474. The molecule has 1 unspecified atom stereocenters. The van der Waals surface area contributed by atoms with Crippen molar-refractivity contribution in [1.29, 1.82) is 0 Å². The molecule has 7 heteroatoms. The fourth-order valence-electron chi connectivity index (χ4n) is 2.60. The van der Waals surface area contributed by atoms with E-state index in [9.17, 15) is 0 Å². The first kappa shape index (κ1) is 20.1. The summed E-state index contributed by atoms with van der Waals surface area (Å²) >= 11 is 6.12. The van der Waals surface area contributed by atoms with Gasteiger partial charge in [0.2, 0.25) is 0 Å². The molecular formula is C19H28ClN5O. The number of hydrogen-bond acceptors (Lipinski definition) is 3. The van der Waals surface area contributed by atoms with Crippen molar-refractivity contribution >= 4 is 17.6 Å². The lowest BCUT2D eigenvalue weighted by Gasteiger charge is -2.18. The Hall–Kier alpha value is -2.21. The van der Waals surface area contributed by atoms with Gasteiger partial charge >= 0.3 is 0 Å². The minimum absolute atomic E-state index is 0.0388. The number of aliphatic imine (C=N–C) groups is 1. The first-order valence-electron chi connectivity index (χ1n) is 8.86. The largest absolute Gasteiger partial charge is 0.487 e. The number of rotatable bonds is 8. The van der Waals surface area contributed by atoms with Gasteiger partial charge in [-0.05, 0) is 45.4 Å². The van der Waals surface area contributed by atoms with Crippen LogP contribution in [0.3, 0.4) is 0 Å². The topological polar surface area (TPSA) is 63.5 Å². The zero-order chi connectivity index (χ0) is 18.9. The number of halogens is 1. The summed E-state index contributed by atoms with van der Waals surface area (Å²) in [4.78, 5) is 4.24. The van der Waals surface area contributed by atoms with E-state index in [1.165, 1.54) is 5.69 Å². The van der Waals surface area contributed by atoms with Gasteiger partial charge in [-0.15, -0.1) is 0 Å². The number of ether oxygens (including phenoxy) is 1. The fourth-order valence-corrected chi connectivity index (χ4v) is 2.78. The van der Waals surface area contributed by atoms with Crippen molar-refractivity contribution in [3.05, 3.63) is 46.7 Å². The molecule has 1 heterocycles. The molecule has 2 aromatic rings. The second-order valence-corrected chi connectivity index (χ2v) is 6.65. The third-order valence-electron chi connectivity index (χ3n) is 3.89. The number of aryl methyl sites for hydroxylation is 3. The molecule has 1 aromatic heterocycles. The molecule has 0 aliphatic carbocycles. The molecule has 0 saturated heterocycles. The predicted molar refractivity (Wildman–Crippen MR) is 107 cm³/mol. The minimum Gasteiger partial charge on any atom is -0.487 e. The van der Waals surface area contributed by atoms with Crippen molar-refractivity contribution < 1.29 is 4.74 Å². The Bertz CT molecular complexity index is 728. The third-order valence-corrected chi connectivity index (χ3v) is 4.20. The Morgan fingerprint density at radius 2 is 2.08 bits per heavy atom. The maximum Gasteiger partial charge on any atom is 0.191 e. The maximum atomic E-state index is 6.12. The molecule has 0 fully saturated rings. The number of nitrogens with zero attached hydrogens (tertiary/aromatic N) is 3. The van der Waals surface area contributed by atoms with Crippen molar-refractivity contribution in [3.8, 4) is 5.75 Å². The molecule has 0 radical (unpaired) electrons. The first-order chi connectivity index (χ1) is 12.5. The smallest absolute Gasteiger partial charge is 0.191 e. The van der Waals surface area contributed by atoms with Crippen molar-refractivity contribution in [1.82, 2.24) is 20.4 Å². The van der Waals surface area contributed by atoms with Gasteiger partial charge in [0.1, 0.15) is 11.9 Å². The average molecular weight is 378 g/mol. The number of para-hydroxylation sites is 1. The van der Waals surface area contributed by atoms with Crippen LogP contribution in [0.1, 0.15) is 24.7 Å². The van der Waals surface area contributed by atoms with Crippen LogP contribution in [0.15, 0.2) is 35.3 Å².